The van der Waals surface area contributed by atoms with Gasteiger partial charge in [0, 0.05) is 29.0 Å². The van der Waals surface area contributed by atoms with Crippen LogP contribution in [-0.4, -0.2) is 29.5 Å². The maximum Gasteiger partial charge on any atom is 0.344 e. The predicted molar refractivity (Wildman–Crippen MR) is 96.6 cm³/mol. The lowest BCUT2D eigenvalue weighted by molar-refractivity contribution is -0.144. The number of benzene rings is 1. The van der Waals surface area contributed by atoms with Crippen molar-refractivity contribution in [1.29, 1.82) is 0 Å². The van der Waals surface area contributed by atoms with Crippen LogP contribution >= 0.6 is 11.6 Å². The zero-order valence-electron chi connectivity index (χ0n) is 15.1. The lowest BCUT2D eigenvalue weighted by Crippen LogP contribution is -2.20. The van der Waals surface area contributed by atoms with Gasteiger partial charge >= 0.3 is 5.97 Å². The minimum absolute atomic E-state index is 0.228. The highest BCUT2D eigenvalue weighted by Gasteiger charge is 2.16. The van der Waals surface area contributed by atoms with E-state index in [1.165, 1.54) is 0 Å². The fourth-order valence-corrected chi connectivity index (χ4v) is 2.99. The molecule has 0 fully saturated rings. The van der Waals surface area contributed by atoms with Crippen molar-refractivity contribution in [1.82, 2.24) is 4.57 Å². The van der Waals surface area contributed by atoms with Crippen molar-refractivity contribution in [3.05, 3.63) is 51.3 Å². The number of esters is 1. The van der Waals surface area contributed by atoms with Gasteiger partial charge in [-0.05, 0) is 57.0 Å². The topological polar surface area (TPSA) is 57.5 Å². The summed E-state index contributed by atoms with van der Waals surface area (Å²) in [5.41, 5.74) is 4.07. The predicted octanol–water partition coefficient (Wildman–Crippen LogP) is 3.72. The SMILES string of the molecule is Cc1cc(Cl)cc(C)c1OCC(=O)OCC(=O)c1cc(C)n(C)c1C. The first kappa shape index (κ1) is 19.1. The zero-order valence-corrected chi connectivity index (χ0v) is 15.9. The molecule has 0 saturated heterocycles. The number of hydrogen-bond acceptors (Lipinski definition) is 4. The van der Waals surface area contributed by atoms with Crippen LogP contribution in [0.1, 0.15) is 32.9 Å². The molecule has 0 aliphatic rings. The first-order valence-electron chi connectivity index (χ1n) is 7.92. The molecule has 2 rings (SSSR count). The van der Waals surface area contributed by atoms with Crippen LogP contribution in [0.15, 0.2) is 18.2 Å². The van der Waals surface area contributed by atoms with Crippen LogP contribution < -0.4 is 4.74 Å². The van der Waals surface area contributed by atoms with Gasteiger partial charge in [0.15, 0.2) is 13.2 Å². The van der Waals surface area contributed by atoms with E-state index in [9.17, 15) is 9.59 Å². The molecule has 0 N–H and O–H groups in total. The van der Waals surface area contributed by atoms with Crippen LogP contribution in [-0.2, 0) is 16.6 Å². The molecule has 0 saturated carbocycles. The normalized spacial score (nSPS) is 10.6. The van der Waals surface area contributed by atoms with Gasteiger partial charge in [-0.25, -0.2) is 4.79 Å². The third kappa shape index (κ3) is 4.42. The molecule has 0 unspecified atom stereocenters. The summed E-state index contributed by atoms with van der Waals surface area (Å²) in [4.78, 5) is 24.1. The Bertz CT molecular complexity index is 800. The number of ether oxygens (including phenoxy) is 2. The number of rotatable bonds is 6. The molecule has 0 amide bonds. The third-order valence-corrected chi connectivity index (χ3v) is 4.42. The quantitative estimate of drug-likeness (QED) is 0.579. The highest BCUT2D eigenvalue weighted by Crippen LogP contribution is 2.27. The first-order valence-corrected chi connectivity index (χ1v) is 8.29. The molecule has 1 heterocycles. The molecule has 0 radical (unpaired) electrons. The summed E-state index contributed by atoms with van der Waals surface area (Å²) in [5, 5.41) is 0.615. The molecule has 1 aromatic heterocycles. The van der Waals surface area contributed by atoms with E-state index in [0.717, 1.165) is 22.5 Å². The van der Waals surface area contributed by atoms with E-state index in [2.05, 4.69) is 0 Å². The van der Waals surface area contributed by atoms with Crippen molar-refractivity contribution in [2.24, 2.45) is 7.05 Å². The highest BCUT2D eigenvalue weighted by atomic mass is 35.5. The van der Waals surface area contributed by atoms with Gasteiger partial charge in [0.2, 0.25) is 5.78 Å². The Balaban J connectivity index is 1.91. The van der Waals surface area contributed by atoms with Gasteiger partial charge in [-0.2, -0.15) is 0 Å². The van der Waals surface area contributed by atoms with E-state index >= 15 is 0 Å². The van der Waals surface area contributed by atoms with E-state index in [1.54, 1.807) is 18.2 Å². The number of ketones is 1. The van der Waals surface area contributed by atoms with Crippen molar-refractivity contribution in [2.75, 3.05) is 13.2 Å². The Kier molecular flexibility index (Phi) is 5.90. The van der Waals surface area contributed by atoms with E-state index in [4.69, 9.17) is 21.1 Å². The van der Waals surface area contributed by atoms with Crippen LogP contribution in [0.2, 0.25) is 5.02 Å². The average molecular weight is 364 g/mol. The summed E-state index contributed by atoms with van der Waals surface area (Å²) in [6.45, 7) is 6.92. The molecule has 134 valence electrons. The third-order valence-electron chi connectivity index (χ3n) is 4.20. The summed E-state index contributed by atoms with van der Waals surface area (Å²) in [6.07, 6.45) is 0. The Morgan fingerprint density at radius 2 is 1.64 bits per heavy atom. The number of carbonyl (C=O) groups excluding carboxylic acids is 2. The second kappa shape index (κ2) is 7.74. The smallest absolute Gasteiger partial charge is 0.344 e. The van der Waals surface area contributed by atoms with Crippen LogP contribution in [0.3, 0.4) is 0 Å². The second-order valence-electron chi connectivity index (χ2n) is 6.09. The summed E-state index contributed by atoms with van der Waals surface area (Å²) in [7, 11) is 1.89. The summed E-state index contributed by atoms with van der Waals surface area (Å²) in [5.74, 6) is -0.219. The van der Waals surface area contributed by atoms with Gasteiger partial charge in [0.25, 0.3) is 0 Å². The minimum Gasteiger partial charge on any atom is -0.481 e. The molecule has 0 aliphatic carbocycles. The van der Waals surface area contributed by atoms with E-state index in [1.807, 2.05) is 39.3 Å². The lowest BCUT2D eigenvalue weighted by Gasteiger charge is -2.12. The molecule has 5 nitrogen and oxygen atoms in total. The maximum atomic E-state index is 12.2. The molecule has 6 heteroatoms. The Labute approximate surface area is 152 Å². The lowest BCUT2D eigenvalue weighted by atomic mass is 10.1. The largest absolute Gasteiger partial charge is 0.481 e. The molecule has 1 aromatic carbocycles. The van der Waals surface area contributed by atoms with Gasteiger partial charge in [-0.3, -0.25) is 4.79 Å². The fraction of sp³-hybridized carbons (Fsp3) is 0.368. The van der Waals surface area contributed by atoms with Gasteiger partial charge in [0.05, 0.1) is 0 Å². The second-order valence-corrected chi connectivity index (χ2v) is 6.52. The molecule has 0 bridgehead atoms. The number of halogens is 1. The van der Waals surface area contributed by atoms with Crippen molar-refractivity contribution in [3.63, 3.8) is 0 Å². The number of Topliss-reactive ketones (excluding diaryl/α,β-unsaturated/α-hetero) is 1. The van der Waals surface area contributed by atoms with Crippen LogP contribution in [0.25, 0.3) is 0 Å². The average Bonchev–Trinajstić information content (AvgIpc) is 2.79. The number of nitrogens with zero attached hydrogens (tertiary/aromatic N) is 1. The van der Waals surface area contributed by atoms with E-state index in [-0.39, 0.29) is 19.0 Å². The van der Waals surface area contributed by atoms with Crippen LogP contribution in [0, 0.1) is 27.7 Å². The van der Waals surface area contributed by atoms with Crippen molar-refractivity contribution in [2.45, 2.75) is 27.7 Å². The van der Waals surface area contributed by atoms with Gasteiger partial charge in [-0.1, -0.05) is 11.6 Å². The fourth-order valence-electron chi connectivity index (χ4n) is 2.66. The first-order chi connectivity index (χ1) is 11.7. The summed E-state index contributed by atoms with van der Waals surface area (Å²) >= 11 is 5.97. The Morgan fingerprint density at radius 1 is 1.04 bits per heavy atom. The molecule has 0 spiro atoms. The molecule has 0 aliphatic heterocycles. The number of aromatic nitrogens is 1. The van der Waals surface area contributed by atoms with E-state index in [0.29, 0.717) is 16.3 Å². The standard InChI is InChI=1S/C19H22ClNO4/c1-11-6-15(20)7-12(2)19(11)25-10-18(23)24-9-17(22)16-8-13(3)21(5)14(16)4/h6-8H,9-10H2,1-5H3. The monoisotopic (exact) mass is 363 g/mol. The van der Waals surface area contributed by atoms with Crippen molar-refractivity contribution < 1.29 is 19.1 Å². The van der Waals surface area contributed by atoms with Gasteiger partial charge < -0.3 is 14.0 Å². The van der Waals surface area contributed by atoms with Crippen molar-refractivity contribution in [3.8, 4) is 5.75 Å². The summed E-state index contributed by atoms with van der Waals surface area (Å²) < 4.78 is 12.5. The number of aryl methyl sites for hydroxylation is 3. The molecule has 25 heavy (non-hydrogen) atoms. The molecular formula is C19H22ClNO4. The zero-order chi connectivity index (χ0) is 18.7. The maximum absolute atomic E-state index is 12.2. The Morgan fingerprint density at radius 3 is 2.16 bits per heavy atom. The molecule has 0 atom stereocenters. The minimum atomic E-state index is -0.590. The van der Waals surface area contributed by atoms with Crippen LogP contribution in [0.5, 0.6) is 5.75 Å². The number of hydrogen-bond donors (Lipinski definition) is 0. The summed E-state index contributed by atoms with van der Waals surface area (Å²) in [6, 6.07) is 5.32. The number of carbonyl (C=O) groups is 2. The van der Waals surface area contributed by atoms with Crippen molar-refractivity contribution >= 4 is 23.4 Å². The Hall–Kier alpha value is -2.27. The highest BCUT2D eigenvalue weighted by molar-refractivity contribution is 6.30. The van der Waals surface area contributed by atoms with Gasteiger partial charge in [-0.15, -0.1) is 0 Å². The van der Waals surface area contributed by atoms with E-state index < -0.39 is 5.97 Å². The molecule has 2 aromatic rings. The van der Waals surface area contributed by atoms with Gasteiger partial charge in [0.1, 0.15) is 5.75 Å². The molecular weight excluding hydrogens is 342 g/mol. The van der Waals surface area contributed by atoms with Crippen LogP contribution in [0.4, 0.5) is 0 Å².